The van der Waals surface area contributed by atoms with E-state index in [9.17, 15) is 8.22 Å². The van der Waals surface area contributed by atoms with Gasteiger partial charge in [0.1, 0.15) is 5.82 Å². The van der Waals surface area contributed by atoms with E-state index in [1.165, 1.54) is 22.3 Å². The first kappa shape index (κ1) is 29.0. The van der Waals surface area contributed by atoms with Gasteiger partial charge < -0.3 is 13.9 Å². The molecule has 5 nitrogen and oxygen atoms in total. The first-order valence-corrected chi connectivity index (χ1v) is 26.9. The molecule has 14 rings (SSSR count). The quantitative estimate of drug-likeness (QED) is 0.112. The molecule has 0 aliphatic heterocycles. The molecule has 0 radical (unpaired) electrons. The van der Waals surface area contributed by atoms with Gasteiger partial charge in [-0.2, -0.15) is 18.2 Å². The van der Waals surface area contributed by atoms with Crippen LogP contribution < -0.4 is 9.30 Å². The fourth-order valence-electron chi connectivity index (χ4n) is 12.6. The predicted molar refractivity (Wildman–Crippen MR) is 338 cm³/mol. The maximum absolute atomic E-state index is 10.3. The van der Waals surface area contributed by atoms with Crippen LogP contribution in [-0.2, 0) is 53.6 Å². The van der Waals surface area contributed by atoms with Gasteiger partial charge >= 0.3 is 0 Å². The van der Waals surface area contributed by atoms with Crippen LogP contribution >= 0.6 is 0 Å². The van der Waals surface area contributed by atoms with Crippen LogP contribution in [0, 0.1) is 25.3 Å². The number of para-hydroxylation sites is 4. The maximum Gasteiger partial charge on any atom is 0.268 e. The van der Waals surface area contributed by atoms with Crippen LogP contribution in [0.25, 0.3) is 83.4 Å². The summed E-state index contributed by atoms with van der Waals surface area (Å²) in [7, 11) is 0. The molecule has 0 atom stereocenters. The molecule has 6 heteroatoms. The molecule has 0 unspecified atom stereocenters. The topological polar surface area (TPSA) is 35.9 Å². The normalized spacial score (nSPS) is 24.7. The number of benzene rings is 8. The van der Waals surface area contributed by atoms with Crippen LogP contribution in [0.15, 0.2) is 164 Å². The van der Waals surface area contributed by atoms with Crippen molar-refractivity contribution in [2.45, 2.75) is 148 Å². The number of pyridine rings is 1. The van der Waals surface area contributed by atoms with Gasteiger partial charge in [-0.05, 0) is 155 Å². The van der Waals surface area contributed by atoms with Gasteiger partial charge in [-0.15, -0.1) is 29.7 Å². The summed E-state index contributed by atoms with van der Waals surface area (Å²) >= 11 is 0. The third kappa shape index (κ3) is 8.88. The van der Waals surface area contributed by atoms with Crippen molar-refractivity contribution in [3.63, 3.8) is 0 Å². The largest absolute Gasteiger partial charge is 0.510 e. The maximum atomic E-state index is 10.3. The number of imidazole rings is 1. The summed E-state index contributed by atoms with van der Waals surface area (Å²) in [4.78, 5) is 4.97. The van der Waals surface area contributed by atoms with E-state index in [-0.39, 0.29) is 71.5 Å². The molecule has 83 heavy (non-hydrogen) atoms. The Morgan fingerprint density at radius 2 is 1.16 bits per heavy atom. The number of rotatable bonds is 8. The Morgan fingerprint density at radius 1 is 0.542 bits per heavy atom. The summed E-state index contributed by atoms with van der Waals surface area (Å²) in [5.41, 5.74) is -18.6. The summed E-state index contributed by atoms with van der Waals surface area (Å²) < 4.78 is 312. The zero-order valence-corrected chi connectivity index (χ0v) is 47.7. The van der Waals surface area contributed by atoms with Gasteiger partial charge in [-0.25, -0.2) is 4.98 Å². The van der Waals surface area contributed by atoms with Crippen molar-refractivity contribution in [3.05, 3.63) is 221 Å². The zero-order chi connectivity index (χ0) is 84.8. The number of hydrogen-bond donors (Lipinski definition) is 0. The molecule has 0 saturated carbocycles. The summed E-state index contributed by atoms with van der Waals surface area (Å²) in [6.45, 7) is -25.3. The molecule has 3 aliphatic carbocycles. The van der Waals surface area contributed by atoms with Gasteiger partial charge in [0.05, 0.1) is 24.9 Å². The van der Waals surface area contributed by atoms with Crippen LogP contribution in [0.1, 0.15) is 192 Å². The minimum atomic E-state index is -3.96. The van der Waals surface area contributed by atoms with E-state index in [0.29, 0.717) is 27.5 Å². The van der Waals surface area contributed by atoms with E-state index in [1.807, 2.05) is 30.3 Å². The molecule has 0 fully saturated rings. The van der Waals surface area contributed by atoms with Crippen LogP contribution in [0.2, 0.25) is 0 Å². The Bertz CT molecular complexity index is 5660. The molecule has 3 aliphatic rings. The first-order valence-electron chi connectivity index (χ1n) is 43.4. The molecule has 0 bridgehead atoms. The molecule has 0 amide bonds. The minimum Gasteiger partial charge on any atom is -0.510 e. The third-order valence-electron chi connectivity index (χ3n) is 16.8. The molecule has 0 spiro atoms. The molecule has 3 heterocycles. The Kier molecular flexibility index (Phi) is 6.67. The Labute approximate surface area is 552 Å². The second-order valence-electron chi connectivity index (χ2n) is 23.5. The van der Waals surface area contributed by atoms with E-state index in [2.05, 4.69) is 58.3 Å². The zero-order valence-electron chi connectivity index (χ0n) is 78.5. The van der Waals surface area contributed by atoms with Crippen molar-refractivity contribution < 1.29 is 75.6 Å². The number of nitrogens with zero attached hydrogens (tertiary/aromatic N) is 4. The molecular formula is C77H74N4OPt-2. The average molecular weight is 1300 g/mol. The molecule has 8 aromatic carbocycles. The van der Waals surface area contributed by atoms with E-state index in [1.54, 1.807) is 59.3 Å². The number of hydrogen-bond acceptors (Lipinski definition) is 2. The monoisotopic (exact) mass is 1300 g/mol. The number of aryl methyl sites for hydroxylation is 1. The Hall–Kier alpha value is -7.33. The van der Waals surface area contributed by atoms with Gasteiger partial charge in [0.15, 0.2) is 0 Å². The van der Waals surface area contributed by atoms with E-state index >= 15 is 0 Å². The number of ether oxygens (including phenoxy) is 1. The first-order chi connectivity index (χ1) is 52.7. The van der Waals surface area contributed by atoms with Gasteiger partial charge in [0.25, 0.3) is 6.33 Å². The van der Waals surface area contributed by atoms with Crippen molar-refractivity contribution in [1.82, 2.24) is 14.1 Å². The van der Waals surface area contributed by atoms with Crippen LogP contribution in [0.4, 0.5) is 0 Å². The van der Waals surface area contributed by atoms with Crippen LogP contribution in [-0.4, -0.2) is 14.1 Å². The SMILES string of the molecule is [2H]c1c([2H])c2c(c([2H])c1-c1cccc(-c3c([2H])c([2H])c4c(c3[2H])C(C([2H])([2H])[2H])(C([2H])([2H])[2H])CC4(C([2H])([2H])[2H])C([2H])([2H])[2H])c1-[n+]1[c-]n(-c3[c-]c(Oc4[c-]c5c(cc4)c4ccccc4n5-c4cc(C([2H])([2H])[2H])c(-c5ccc6c(c5)C(C)(C)CCC6(C)C)cn4)ccc3)c3ccccc31)C(C([2H])([2H])[2H])(C([2H])([2H])[2H])CC2(C([2H])([2H])[2H])C([2H])([2H])[2H].[Pt]. The molecule has 0 saturated heterocycles. The number of fused-ring (bicyclic) bond motifs is 7. The number of aromatic nitrogens is 4. The molecule has 0 N–H and O–H groups in total. The Morgan fingerprint density at radius 3 is 1.83 bits per heavy atom. The molecule has 3 aromatic heterocycles. The summed E-state index contributed by atoms with van der Waals surface area (Å²) in [5, 5.41) is 1.45. The van der Waals surface area contributed by atoms with Crippen molar-refractivity contribution in [3.8, 4) is 62.1 Å². The van der Waals surface area contributed by atoms with Gasteiger partial charge in [-0.3, -0.25) is 4.57 Å². The fourth-order valence-corrected chi connectivity index (χ4v) is 12.6. The summed E-state index contributed by atoms with van der Waals surface area (Å²) in [6, 6.07) is 31.5. The fraction of sp³-hybridized carbons (Fsp3) is 0.299. The summed E-state index contributed by atoms with van der Waals surface area (Å²) in [5.74, 6) is 0.385. The van der Waals surface area contributed by atoms with Crippen LogP contribution in [0.5, 0.6) is 11.5 Å². The molecule has 11 aromatic rings. The van der Waals surface area contributed by atoms with Gasteiger partial charge in [0.2, 0.25) is 0 Å². The Balaban J connectivity index is 0.0000117. The van der Waals surface area contributed by atoms with Crippen molar-refractivity contribution >= 4 is 32.8 Å². The van der Waals surface area contributed by atoms with E-state index in [0.717, 1.165) is 46.6 Å². The smallest absolute Gasteiger partial charge is 0.268 e. The summed E-state index contributed by atoms with van der Waals surface area (Å²) in [6.07, 6.45) is 3.12. The molecule has 420 valence electrons. The van der Waals surface area contributed by atoms with Crippen molar-refractivity contribution in [2.75, 3.05) is 0 Å². The predicted octanol–water partition coefficient (Wildman–Crippen LogP) is 19.2. The second kappa shape index (κ2) is 19.1. The molecular weight excluding hydrogens is 1190 g/mol. The third-order valence-corrected chi connectivity index (χ3v) is 16.8. The van der Waals surface area contributed by atoms with Gasteiger partial charge in [-0.1, -0.05) is 203 Å². The van der Waals surface area contributed by atoms with E-state index in [4.69, 9.17) is 46.7 Å². The van der Waals surface area contributed by atoms with E-state index < -0.39 is 183 Å². The minimum absolute atomic E-state index is 0. The standard InChI is InChI=1S/C77H74N4O.Pt/c1-48-38-70(78-44-59(48)51-30-33-60-63(41-51)73(4,5)37-36-72(60,2)3)81-66-25-15-14-22-57(66)58-32-31-54(43-69(58)81)82-53-21-18-20-52(42-53)79-47-80(68-27-17-16-26-67(68)79)71-55(49-28-34-61-64(39-49)76(10,11)45-74(61,6)7)23-19-24-56(71)50-29-35-62-65(40-50)77(12,13)46-75(62,8)9;/h14-35,38-41,44H,36-37,45-46H2,1-13H3;/q-2;/i1D3,6D3,7D3,8D3,9D3,10D3,11D3,12D3,13D3,28D,29D,34D,35D,39D,40D;. The second-order valence-corrected chi connectivity index (χ2v) is 23.5. The van der Waals surface area contributed by atoms with Crippen molar-refractivity contribution in [1.29, 1.82) is 0 Å². The average Bonchev–Trinajstić information content (AvgIpc) is 1.49. The van der Waals surface area contributed by atoms with Crippen LogP contribution in [0.3, 0.4) is 0 Å². The van der Waals surface area contributed by atoms with Gasteiger partial charge in [0, 0.05) is 86.9 Å². The van der Waals surface area contributed by atoms with Crippen molar-refractivity contribution in [2.24, 2.45) is 0 Å².